The average Bonchev–Trinajstić information content (AvgIpc) is 3.31. The van der Waals surface area contributed by atoms with Gasteiger partial charge >= 0.3 is 0 Å². The van der Waals surface area contributed by atoms with Crippen molar-refractivity contribution in [3.05, 3.63) is 45.7 Å². The van der Waals surface area contributed by atoms with Crippen molar-refractivity contribution in [1.82, 2.24) is 9.58 Å². The standard InChI is InChI=1S/C22H22ClN5O3S/c1-6-19-26-28-20(24)14(21(29)25-22(28)32-19)8-13-7-11(2)27(12(13)3)16-9-15(23)17(30-4)10-18(16)31-5/h7-10,24H,6H2,1-5H3. The van der Waals surface area contributed by atoms with Crippen molar-refractivity contribution in [2.75, 3.05) is 14.2 Å². The number of rotatable bonds is 5. The molecule has 0 unspecified atom stereocenters. The van der Waals surface area contributed by atoms with Crippen molar-refractivity contribution < 1.29 is 14.3 Å². The van der Waals surface area contributed by atoms with Gasteiger partial charge in [-0.2, -0.15) is 15.1 Å². The number of hydrogen-bond acceptors (Lipinski definition) is 6. The molecule has 0 saturated heterocycles. The summed E-state index contributed by atoms with van der Waals surface area (Å²) in [6.07, 6.45) is 2.40. The molecule has 166 valence electrons. The van der Waals surface area contributed by atoms with Gasteiger partial charge in [-0.25, -0.2) is 0 Å². The lowest BCUT2D eigenvalue weighted by Gasteiger charge is -2.20. The van der Waals surface area contributed by atoms with Crippen LogP contribution >= 0.6 is 23.4 Å². The monoisotopic (exact) mass is 471 g/mol. The Morgan fingerprint density at radius 2 is 1.91 bits per heavy atom. The van der Waals surface area contributed by atoms with Gasteiger partial charge in [0.15, 0.2) is 5.84 Å². The number of amidine groups is 2. The molecule has 0 bridgehead atoms. The molecule has 1 aromatic heterocycles. The summed E-state index contributed by atoms with van der Waals surface area (Å²) >= 11 is 7.70. The molecule has 10 heteroatoms. The lowest BCUT2D eigenvalue weighted by atomic mass is 10.1. The number of thioether (sulfide) groups is 1. The number of carbonyl (C=O) groups is 1. The quantitative estimate of drug-likeness (QED) is 0.632. The maximum atomic E-state index is 12.7. The van der Waals surface area contributed by atoms with E-state index < -0.39 is 5.91 Å². The third kappa shape index (κ3) is 3.61. The van der Waals surface area contributed by atoms with Crippen LogP contribution < -0.4 is 9.47 Å². The fraction of sp³-hybridized carbons (Fsp3) is 0.273. The number of halogens is 1. The highest BCUT2D eigenvalue weighted by atomic mass is 35.5. The molecule has 4 rings (SSSR count). The van der Waals surface area contributed by atoms with Gasteiger partial charge in [-0.15, -0.1) is 0 Å². The van der Waals surface area contributed by atoms with Crippen molar-refractivity contribution in [3.8, 4) is 17.2 Å². The first-order valence-electron chi connectivity index (χ1n) is 9.89. The van der Waals surface area contributed by atoms with Crippen LogP contribution in [0.4, 0.5) is 0 Å². The van der Waals surface area contributed by atoms with E-state index in [1.54, 1.807) is 32.4 Å². The maximum Gasteiger partial charge on any atom is 0.283 e. The Bertz CT molecular complexity index is 1240. The zero-order valence-electron chi connectivity index (χ0n) is 18.3. The average molecular weight is 472 g/mol. The fourth-order valence-electron chi connectivity index (χ4n) is 3.65. The van der Waals surface area contributed by atoms with Gasteiger partial charge in [0.1, 0.15) is 16.5 Å². The number of hydrogen-bond donors (Lipinski definition) is 1. The molecule has 1 aromatic carbocycles. The molecule has 0 aliphatic carbocycles. The number of nitrogens with zero attached hydrogens (tertiary/aromatic N) is 4. The van der Waals surface area contributed by atoms with E-state index in [0.29, 0.717) is 28.1 Å². The predicted octanol–water partition coefficient (Wildman–Crippen LogP) is 4.79. The topological polar surface area (TPSA) is 92.3 Å². The van der Waals surface area contributed by atoms with E-state index in [4.69, 9.17) is 26.5 Å². The van der Waals surface area contributed by atoms with Gasteiger partial charge in [0.25, 0.3) is 5.91 Å². The molecular weight excluding hydrogens is 450 g/mol. The van der Waals surface area contributed by atoms with Crippen LogP contribution in [0, 0.1) is 19.3 Å². The number of amides is 1. The first kappa shape index (κ1) is 22.2. The second-order valence-electron chi connectivity index (χ2n) is 7.19. The largest absolute Gasteiger partial charge is 0.495 e. The highest BCUT2D eigenvalue weighted by Gasteiger charge is 2.35. The van der Waals surface area contributed by atoms with E-state index in [-0.39, 0.29) is 11.4 Å². The van der Waals surface area contributed by atoms with Gasteiger partial charge < -0.3 is 14.0 Å². The predicted molar refractivity (Wildman–Crippen MR) is 129 cm³/mol. The summed E-state index contributed by atoms with van der Waals surface area (Å²) in [6.45, 7) is 5.86. The van der Waals surface area contributed by atoms with Crippen molar-refractivity contribution in [2.24, 2.45) is 10.1 Å². The number of hydrazone groups is 1. The summed E-state index contributed by atoms with van der Waals surface area (Å²) in [5, 5.41) is 16.0. The minimum absolute atomic E-state index is 0.0193. The van der Waals surface area contributed by atoms with Crippen molar-refractivity contribution in [3.63, 3.8) is 0 Å². The highest BCUT2D eigenvalue weighted by Crippen LogP contribution is 2.37. The molecule has 2 aliphatic rings. The molecule has 2 aliphatic heterocycles. The van der Waals surface area contributed by atoms with Crippen LogP contribution in [-0.2, 0) is 4.79 Å². The molecular formula is C22H22ClN5O3S. The Morgan fingerprint density at radius 3 is 2.56 bits per heavy atom. The molecule has 2 aromatic rings. The Hall–Kier alpha value is -3.04. The van der Waals surface area contributed by atoms with Gasteiger partial charge in [-0.1, -0.05) is 18.5 Å². The molecule has 1 N–H and O–H groups in total. The number of ether oxygens (including phenoxy) is 2. The number of aromatic nitrogens is 1. The van der Waals surface area contributed by atoms with Gasteiger partial charge in [0.2, 0.25) is 5.17 Å². The molecule has 3 heterocycles. The third-order valence-electron chi connectivity index (χ3n) is 5.26. The van der Waals surface area contributed by atoms with E-state index in [1.807, 2.05) is 31.4 Å². The molecule has 0 spiro atoms. The van der Waals surface area contributed by atoms with Crippen LogP contribution in [0.1, 0.15) is 30.3 Å². The Balaban J connectivity index is 1.79. The first-order valence-corrected chi connectivity index (χ1v) is 11.1. The number of aryl methyl sites for hydroxylation is 1. The van der Waals surface area contributed by atoms with Gasteiger partial charge in [-0.05, 0) is 55.8 Å². The number of nitrogens with one attached hydrogen (secondary N) is 1. The van der Waals surface area contributed by atoms with Crippen LogP contribution in [0.3, 0.4) is 0 Å². The van der Waals surface area contributed by atoms with Gasteiger partial charge in [0, 0.05) is 17.5 Å². The highest BCUT2D eigenvalue weighted by molar-refractivity contribution is 8.26. The Kier molecular flexibility index (Phi) is 5.87. The normalized spacial score (nSPS) is 16.9. The molecule has 0 fully saturated rings. The maximum absolute atomic E-state index is 12.7. The molecule has 32 heavy (non-hydrogen) atoms. The number of benzene rings is 1. The second-order valence-corrected chi connectivity index (χ2v) is 8.64. The van der Waals surface area contributed by atoms with Crippen LogP contribution in [0.5, 0.6) is 11.5 Å². The first-order chi connectivity index (χ1) is 15.3. The summed E-state index contributed by atoms with van der Waals surface area (Å²) in [6, 6.07) is 5.46. The smallest absolute Gasteiger partial charge is 0.283 e. The number of aliphatic imine (C=N–C) groups is 1. The van der Waals surface area contributed by atoms with Crippen LogP contribution in [0.25, 0.3) is 11.8 Å². The molecule has 0 saturated carbocycles. The number of fused-ring (bicyclic) bond motifs is 1. The van der Waals surface area contributed by atoms with Crippen molar-refractivity contribution >= 4 is 51.4 Å². The number of carbonyl (C=O) groups excluding carboxylic acids is 1. The molecule has 0 radical (unpaired) electrons. The van der Waals surface area contributed by atoms with Gasteiger partial charge in [0.05, 0.1) is 30.5 Å². The molecule has 0 atom stereocenters. The third-order valence-corrected chi connectivity index (χ3v) is 6.61. The minimum atomic E-state index is -0.448. The van der Waals surface area contributed by atoms with Crippen LogP contribution in [0.15, 0.2) is 33.9 Å². The zero-order valence-corrected chi connectivity index (χ0v) is 19.9. The lowest BCUT2D eigenvalue weighted by Crippen LogP contribution is -2.35. The summed E-state index contributed by atoms with van der Waals surface area (Å²) in [5.74, 6) is 0.683. The van der Waals surface area contributed by atoms with E-state index in [9.17, 15) is 4.79 Å². The van der Waals surface area contributed by atoms with Crippen LogP contribution in [-0.4, -0.2) is 45.7 Å². The van der Waals surface area contributed by atoms with Crippen molar-refractivity contribution in [1.29, 1.82) is 5.41 Å². The Labute approximate surface area is 195 Å². The fourth-order valence-corrected chi connectivity index (χ4v) is 4.71. The lowest BCUT2D eigenvalue weighted by molar-refractivity contribution is -0.114. The summed E-state index contributed by atoms with van der Waals surface area (Å²) in [7, 11) is 3.13. The summed E-state index contributed by atoms with van der Waals surface area (Å²) in [5.41, 5.74) is 3.50. The van der Waals surface area contributed by atoms with Crippen LogP contribution in [0.2, 0.25) is 5.02 Å². The van der Waals surface area contributed by atoms with E-state index >= 15 is 0 Å². The van der Waals surface area contributed by atoms with E-state index in [1.165, 1.54) is 16.8 Å². The Morgan fingerprint density at radius 1 is 1.19 bits per heavy atom. The zero-order chi connectivity index (χ0) is 23.2. The molecule has 8 nitrogen and oxygen atoms in total. The van der Waals surface area contributed by atoms with Gasteiger partial charge in [-0.3, -0.25) is 10.2 Å². The summed E-state index contributed by atoms with van der Waals surface area (Å²) in [4.78, 5) is 16.8. The second kappa shape index (κ2) is 8.48. The van der Waals surface area contributed by atoms with E-state index in [0.717, 1.165) is 27.7 Å². The van der Waals surface area contributed by atoms with E-state index in [2.05, 4.69) is 10.1 Å². The number of methoxy groups -OCH3 is 2. The SMILES string of the molecule is CCC1=NN2C(=N)C(=Cc3cc(C)n(-c4cc(Cl)c(OC)cc4OC)c3C)C(=O)N=C2S1. The van der Waals surface area contributed by atoms with Crippen molar-refractivity contribution in [2.45, 2.75) is 27.2 Å². The molecule has 1 amide bonds. The summed E-state index contributed by atoms with van der Waals surface area (Å²) < 4.78 is 12.8. The minimum Gasteiger partial charge on any atom is -0.495 e.